The van der Waals surface area contributed by atoms with E-state index in [1.807, 2.05) is 13.0 Å². The van der Waals surface area contributed by atoms with E-state index in [0.717, 1.165) is 0 Å². The van der Waals surface area contributed by atoms with E-state index >= 15 is 0 Å². The number of carbonyl (C=O) groups is 1. The lowest BCUT2D eigenvalue weighted by atomic mass is 10.0. The second-order valence-electron chi connectivity index (χ2n) is 5.19. The third-order valence-electron chi connectivity index (χ3n) is 3.53. The van der Waals surface area contributed by atoms with Crippen LogP contribution < -0.4 is 5.32 Å². The number of aryl methyl sites for hydroxylation is 3. The smallest absolute Gasteiger partial charge is 0.321 e. The zero-order chi connectivity index (χ0) is 15.4. The molecule has 0 aliphatic rings. The van der Waals surface area contributed by atoms with E-state index in [4.69, 9.17) is 0 Å². The Morgan fingerprint density at radius 2 is 1.86 bits per heavy atom. The van der Waals surface area contributed by atoms with E-state index in [2.05, 4.69) is 41.5 Å². The van der Waals surface area contributed by atoms with Crippen molar-refractivity contribution < 1.29 is 4.79 Å². The SMILES string of the molecule is Cc1cccc(C)c1CN(C)C(=O)Nc1ccnnc1C. The summed E-state index contributed by atoms with van der Waals surface area (Å²) in [6.45, 7) is 6.51. The summed E-state index contributed by atoms with van der Waals surface area (Å²) < 4.78 is 0. The Morgan fingerprint density at radius 1 is 1.19 bits per heavy atom. The van der Waals surface area contributed by atoms with Crippen molar-refractivity contribution in [1.29, 1.82) is 0 Å². The van der Waals surface area contributed by atoms with Gasteiger partial charge in [0.15, 0.2) is 0 Å². The highest BCUT2D eigenvalue weighted by molar-refractivity contribution is 5.89. The summed E-state index contributed by atoms with van der Waals surface area (Å²) in [6.07, 6.45) is 1.56. The van der Waals surface area contributed by atoms with Gasteiger partial charge in [-0.25, -0.2) is 4.79 Å². The van der Waals surface area contributed by atoms with Crippen molar-refractivity contribution in [2.75, 3.05) is 12.4 Å². The fraction of sp³-hybridized carbons (Fsp3) is 0.312. The molecule has 0 atom stereocenters. The van der Waals surface area contributed by atoms with Crippen molar-refractivity contribution in [3.8, 4) is 0 Å². The minimum atomic E-state index is -0.159. The maximum Gasteiger partial charge on any atom is 0.321 e. The number of carbonyl (C=O) groups excluding carboxylic acids is 1. The average Bonchev–Trinajstić information content (AvgIpc) is 2.45. The molecule has 1 heterocycles. The second-order valence-corrected chi connectivity index (χ2v) is 5.19. The molecule has 0 unspecified atom stereocenters. The van der Waals surface area contributed by atoms with Crippen LogP contribution in [-0.2, 0) is 6.54 Å². The highest BCUT2D eigenvalue weighted by atomic mass is 16.2. The summed E-state index contributed by atoms with van der Waals surface area (Å²) in [7, 11) is 1.78. The van der Waals surface area contributed by atoms with Crippen LogP contribution >= 0.6 is 0 Å². The lowest BCUT2D eigenvalue weighted by molar-refractivity contribution is 0.220. The average molecular weight is 284 g/mol. The summed E-state index contributed by atoms with van der Waals surface area (Å²) in [6, 6.07) is 7.73. The molecule has 2 rings (SSSR count). The van der Waals surface area contributed by atoms with Gasteiger partial charge in [-0.2, -0.15) is 10.2 Å². The quantitative estimate of drug-likeness (QED) is 0.942. The lowest BCUT2D eigenvalue weighted by Crippen LogP contribution is -2.31. The van der Waals surface area contributed by atoms with Crippen molar-refractivity contribution in [2.45, 2.75) is 27.3 Å². The molecule has 0 aliphatic carbocycles. The molecule has 1 aromatic carbocycles. The van der Waals surface area contributed by atoms with Gasteiger partial charge in [0.2, 0.25) is 0 Å². The molecular formula is C16H20N4O. The molecule has 0 spiro atoms. The standard InChI is InChI=1S/C16H20N4O/c1-11-6-5-7-12(2)14(11)10-20(4)16(21)18-15-8-9-17-19-13(15)3/h5-9H,10H2,1-4H3,(H,17,18,21). The number of urea groups is 1. The van der Waals surface area contributed by atoms with Crippen LogP contribution in [0.5, 0.6) is 0 Å². The van der Waals surface area contributed by atoms with E-state index in [1.54, 1.807) is 24.2 Å². The molecule has 5 nitrogen and oxygen atoms in total. The predicted octanol–water partition coefficient (Wildman–Crippen LogP) is 3.07. The van der Waals surface area contributed by atoms with Gasteiger partial charge in [0.1, 0.15) is 0 Å². The van der Waals surface area contributed by atoms with Crippen molar-refractivity contribution in [3.05, 3.63) is 52.8 Å². The van der Waals surface area contributed by atoms with Crippen LogP contribution in [0.1, 0.15) is 22.4 Å². The molecule has 5 heteroatoms. The number of amides is 2. The van der Waals surface area contributed by atoms with Gasteiger partial charge in [0.05, 0.1) is 17.6 Å². The van der Waals surface area contributed by atoms with Gasteiger partial charge in [-0.1, -0.05) is 18.2 Å². The first-order valence-corrected chi connectivity index (χ1v) is 6.84. The number of benzene rings is 1. The van der Waals surface area contributed by atoms with Crippen molar-refractivity contribution in [3.63, 3.8) is 0 Å². The number of nitrogens with zero attached hydrogens (tertiary/aromatic N) is 3. The van der Waals surface area contributed by atoms with Crippen LogP contribution in [0.4, 0.5) is 10.5 Å². The zero-order valence-electron chi connectivity index (χ0n) is 12.8. The van der Waals surface area contributed by atoms with Gasteiger partial charge < -0.3 is 10.2 Å². The van der Waals surface area contributed by atoms with Gasteiger partial charge >= 0.3 is 6.03 Å². The van der Waals surface area contributed by atoms with Crippen molar-refractivity contribution >= 4 is 11.7 Å². The van der Waals surface area contributed by atoms with E-state index < -0.39 is 0 Å². The normalized spacial score (nSPS) is 10.3. The Kier molecular flexibility index (Phi) is 4.52. The van der Waals surface area contributed by atoms with Crippen LogP contribution in [0, 0.1) is 20.8 Å². The molecule has 0 bridgehead atoms. The lowest BCUT2D eigenvalue weighted by Gasteiger charge is -2.20. The predicted molar refractivity (Wildman–Crippen MR) is 83.2 cm³/mol. The molecule has 0 radical (unpaired) electrons. The Bertz CT molecular complexity index is 634. The first-order valence-electron chi connectivity index (χ1n) is 6.84. The highest BCUT2D eigenvalue weighted by Gasteiger charge is 2.13. The fourth-order valence-corrected chi connectivity index (χ4v) is 2.15. The van der Waals surface area contributed by atoms with E-state index in [9.17, 15) is 4.79 Å². The largest absolute Gasteiger partial charge is 0.323 e. The fourth-order valence-electron chi connectivity index (χ4n) is 2.15. The first-order chi connectivity index (χ1) is 9.99. The zero-order valence-corrected chi connectivity index (χ0v) is 12.8. The summed E-state index contributed by atoms with van der Waals surface area (Å²) in [5.74, 6) is 0. The maximum absolute atomic E-state index is 12.3. The van der Waals surface area contributed by atoms with Crippen LogP contribution in [0.25, 0.3) is 0 Å². The number of nitrogens with one attached hydrogen (secondary N) is 1. The molecule has 0 saturated carbocycles. The number of hydrogen-bond donors (Lipinski definition) is 1. The second kappa shape index (κ2) is 6.35. The van der Waals surface area contributed by atoms with Gasteiger partial charge in [-0.15, -0.1) is 0 Å². The Balaban J connectivity index is 2.08. The van der Waals surface area contributed by atoms with Gasteiger partial charge in [0.25, 0.3) is 0 Å². The molecule has 0 aliphatic heterocycles. The molecule has 2 amide bonds. The van der Waals surface area contributed by atoms with Gasteiger partial charge in [-0.3, -0.25) is 0 Å². The molecule has 1 N–H and O–H groups in total. The van der Waals surface area contributed by atoms with Crippen LogP contribution in [-0.4, -0.2) is 28.2 Å². The van der Waals surface area contributed by atoms with E-state index in [0.29, 0.717) is 17.9 Å². The van der Waals surface area contributed by atoms with E-state index in [1.165, 1.54) is 16.7 Å². The van der Waals surface area contributed by atoms with Gasteiger partial charge in [-0.05, 0) is 43.5 Å². The number of anilines is 1. The van der Waals surface area contributed by atoms with Crippen molar-refractivity contribution in [2.24, 2.45) is 0 Å². The molecule has 0 fully saturated rings. The van der Waals surface area contributed by atoms with Crippen LogP contribution in [0.15, 0.2) is 30.5 Å². The summed E-state index contributed by atoms with van der Waals surface area (Å²) >= 11 is 0. The monoisotopic (exact) mass is 284 g/mol. The summed E-state index contributed by atoms with van der Waals surface area (Å²) in [4.78, 5) is 13.9. The minimum Gasteiger partial charge on any atom is -0.323 e. The maximum atomic E-state index is 12.3. The molecule has 110 valence electrons. The molecule has 0 saturated heterocycles. The van der Waals surface area contributed by atoms with Gasteiger partial charge in [0, 0.05) is 13.6 Å². The van der Waals surface area contributed by atoms with E-state index in [-0.39, 0.29) is 6.03 Å². The molecular weight excluding hydrogens is 264 g/mol. The van der Waals surface area contributed by atoms with Crippen LogP contribution in [0.3, 0.4) is 0 Å². The Morgan fingerprint density at radius 3 is 2.48 bits per heavy atom. The van der Waals surface area contributed by atoms with Crippen molar-refractivity contribution in [1.82, 2.24) is 15.1 Å². The van der Waals surface area contributed by atoms with Crippen LogP contribution in [0.2, 0.25) is 0 Å². The topological polar surface area (TPSA) is 58.1 Å². The minimum absolute atomic E-state index is 0.159. The Hall–Kier alpha value is -2.43. The third kappa shape index (κ3) is 3.56. The molecule has 21 heavy (non-hydrogen) atoms. The summed E-state index contributed by atoms with van der Waals surface area (Å²) in [5, 5.41) is 10.5. The Labute approximate surface area is 125 Å². The first kappa shape index (κ1) is 15.0. The molecule has 2 aromatic rings. The number of rotatable bonds is 3. The number of hydrogen-bond acceptors (Lipinski definition) is 3. The third-order valence-corrected chi connectivity index (χ3v) is 3.53. The summed E-state index contributed by atoms with van der Waals surface area (Å²) in [5.41, 5.74) is 4.95. The number of aromatic nitrogens is 2. The highest BCUT2D eigenvalue weighted by Crippen LogP contribution is 2.16. The molecule has 1 aromatic heterocycles.